The minimum absolute atomic E-state index is 0.0222. The molecule has 474 valence electrons. The third kappa shape index (κ3) is 20.9. The Morgan fingerprint density at radius 1 is 0.337 bits per heavy atom. The Kier molecular flexibility index (Phi) is 28.8. The summed E-state index contributed by atoms with van der Waals surface area (Å²) < 4.78 is 44.8. The molecule has 20 nitrogen and oxygen atoms in total. The molecule has 0 aromatic heterocycles. The molecule has 20 heteroatoms. The van der Waals surface area contributed by atoms with Gasteiger partial charge in [-0.3, -0.25) is 19.2 Å². The molecule has 4 atom stereocenters. The molecule has 0 amide bonds. The monoisotopic (exact) mass is 1200 g/mol. The molecule has 4 aliphatic rings. The summed E-state index contributed by atoms with van der Waals surface area (Å²) in [6, 6.07) is 7.34. The lowest BCUT2D eigenvalue weighted by Gasteiger charge is -2.27. The van der Waals surface area contributed by atoms with Crippen LogP contribution in [0.3, 0.4) is 0 Å². The van der Waals surface area contributed by atoms with E-state index in [4.69, 9.17) is 47.7 Å². The van der Waals surface area contributed by atoms with Crippen molar-refractivity contribution >= 4 is 59.7 Å². The Balaban J connectivity index is 1.40. The quantitative estimate of drug-likeness (QED) is 0.0151. The van der Waals surface area contributed by atoms with Crippen LogP contribution in [-0.2, 0) is 47.7 Å². The standard InChI is InChI=1S/C66H90O20/c1-5-9-13-17-39-51(81-63(73)77-43-27-21-28-43)57(67)47-35-25-37-49(55(47)59(69)53(41-19-15-11-7-3)83-65(75)79-45-31-23-32-45)61(71)85-86-62(72)50-38-26-36-48(58(68)52(40-18-14-10-6-2)82-64(74)78-44-29-22-30-44)56(50)60(70)54(42-20-16-12-8-4)84-66(76)80-46-33-24-34-46/h25-26,35-38,43-46,51-54H,5-24,27-34,39-42H2,1-4H3. The number of carbonyl (C=O) groups is 10. The van der Waals surface area contributed by atoms with E-state index in [0.29, 0.717) is 103 Å². The Labute approximate surface area is 505 Å². The molecule has 6 rings (SSSR count). The van der Waals surface area contributed by atoms with Crippen molar-refractivity contribution in [3.8, 4) is 0 Å². The average molecular weight is 1200 g/mol. The van der Waals surface area contributed by atoms with Crippen LogP contribution in [0.5, 0.6) is 0 Å². The second-order valence-corrected chi connectivity index (χ2v) is 23.2. The van der Waals surface area contributed by atoms with Gasteiger partial charge in [-0.2, -0.15) is 0 Å². The Bertz CT molecular complexity index is 2420. The first-order chi connectivity index (χ1) is 41.6. The normalized spacial score (nSPS) is 16.4. The first-order valence-electron chi connectivity index (χ1n) is 32.0. The fourth-order valence-electron chi connectivity index (χ4n) is 10.3. The Hall–Kier alpha value is -6.86. The fraction of sp³-hybridized carbons (Fsp3) is 0.667. The number of rotatable bonds is 38. The zero-order valence-electron chi connectivity index (χ0n) is 50.9. The van der Waals surface area contributed by atoms with Crippen LogP contribution in [-0.4, -0.2) is 109 Å². The van der Waals surface area contributed by atoms with Crippen molar-refractivity contribution in [1.82, 2.24) is 0 Å². The number of Topliss-reactive ketones (excluding diaryl/α,β-unsaturated/α-hetero) is 4. The van der Waals surface area contributed by atoms with Gasteiger partial charge in [-0.1, -0.05) is 129 Å². The summed E-state index contributed by atoms with van der Waals surface area (Å²) in [6.07, 6.45) is 6.83. The molecule has 0 heterocycles. The van der Waals surface area contributed by atoms with E-state index < -0.39 is 130 Å². The summed E-state index contributed by atoms with van der Waals surface area (Å²) in [5, 5.41) is 0. The molecule has 4 fully saturated rings. The molecule has 0 N–H and O–H groups in total. The van der Waals surface area contributed by atoms with Gasteiger partial charge in [0.15, 0.2) is 24.4 Å². The van der Waals surface area contributed by atoms with E-state index in [1.54, 1.807) is 0 Å². The van der Waals surface area contributed by atoms with Crippen LogP contribution < -0.4 is 0 Å². The summed E-state index contributed by atoms with van der Waals surface area (Å²) in [6.45, 7) is 8.00. The number of hydrogen-bond acceptors (Lipinski definition) is 20. The van der Waals surface area contributed by atoms with E-state index in [9.17, 15) is 38.4 Å². The Morgan fingerprint density at radius 2 is 0.581 bits per heavy atom. The lowest BCUT2D eigenvalue weighted by molar-refractivity contribution is -0.187. The van der Waals surface area contributed by atoms with Crippen LogP contribution in [0.15, 0.2) is 36.4 Å². The smallest absolute Gasteiger partial charge is 0.431 e. The summed E-state index contributed by atoms with van der Waals surface area (Å²) in [7, 11) is 0. The van der Waals surface area contributed by atoms with Crippen LogP contribution in [0.2, 0.25) is 0 Å². The number of hydrogen-bond donors (Lipinski definition) is 0. The highest BCUT2D eigenvalue weighted by atomic mass is 17.2. The highest BCUT2D eigenvalue weighted by molar-refractivity contribution is 6.18. The zero-order valence-corrected chi connectivity index (χ0v) is 50.9. The van der Waals surface area contributed by atoms with Crippen LogP contribution in [0.25, 0.3) is 0 Å². The van der Waals surface area contributed by atoms with Crippen LogP contribution in [0.4, 0.5) is 19.2 Å². The molecule has 2 aromatic rings. The summed E-state index contributed by atoms with van der Waals surface area (Å²) in [5.74, 6) is -6.74. The summed E-state index contributed by atoms with van der Waals surface area (Å²) in [5.41, 5.74) is -3.22. The minimum atomic E-state index is -1.61. The Morgan fingerprint density at radius 3 is 0.814 bits per heavy atom. The zero-order chi connectivity index (χ0) is 61.8. The largest absolute Gasteiger partial charge is 0.509 e. The first-order valence-corrected chi connectivity index (χ1v) is 32.0. The van der Waals surface area contributed by atoms with Crippen molar-refractivity contribution in [3.63, 3.8) is 0 Å². The van der Waals surface area contributed by atoms with Crippen molar-refractivity contribution < 1.29 is 95.6 Å². The van der Waals surface area contributed by atoms with Gasteiger partial charge in [0.25, 0.3) is 0 Å². The second-order valence-electron chi connectivity index (χ2n) is 23.2. The fourth-order valence-corrected chi connectivity index (χ4v) is 10.3. The van der Waals surface area contributed by atoms with Crippen molar-refractivity contribution in [2.45, 2.75) is 282 Å². The van der Waals surface area contributed by atoms with E-state index in [2.05, 4.69) is 0 Å². The minimum Gasteiger partial charge on any atom is -0.431 e. The number of benzene rings is 2. The second kappa shape index (κ2) is 36.3. The summed E-state index contributed by atoms with van der Waals surface area (Å²) >= 11 is 0. The summed E-state index contributed by atoms with van der Waals surface area (Å²) in [4.78, 5) is 153. The molecule has 86 heavy (non-hydrogen) atoms. The SMILES string of the molecule is CCCCCCC(OC(=O)OC1CCC1)C(=O)c1cccc(C(=O)OOC(=O)c2cccc(C(=O)C(CCCCCC)OC(=O)OC3CCC3)c2C(=O)C(CCCCCC)OC(=O)OC2CCC2)c1C(=O)C(CCCCCC)OC(=O)OC1CCC1. The van der Waals surface area contributed by atoms with Gasteiger partial charge in [-0.05, 0) is 141 Å². The van der Waals surface area contributed by atoms with Gasteiger partial charge in [-0.15, -0.1) is 0 Å². The molecule has 2 aromatic carbocycles. The van der Waals surface area contributed by atoms with Crippen LogP contribution >= 0.6 is 0 Å². The van der Waals surface area contributed by atoms with Gasteiger partial charge in [0.2, 0.25) is 23.1 Å². The van der Waals surface area contributed by atoms with Gasteiger partial charge in [-0.25, -0.2) is 38.5 Å². The van der Waals surface area contributed by atoms with Crippen molar-refractivity contribution in [2.24, 2.45) is 0 Å². The topological polar surface area (TPSA) is 263 Å². The molecule has 4 aliphatic carbocycles. The van der Waals surface area contributed by atoms with E-state index in [1.807, 2.05) is 27.7 Å². The van der Waals surface area contributed by atoms with E-state index in [-0.39, 0.29) is 37.9 Å². The van der Waals surface area contributed by atoms with Gasteiger partial charge in [0, 0.05) is 22.3 Å². The third-order valence-electron chi connectivity index (χ3n) is 16.4. The van der Waals surface area contributed by atoms with Crippen LogP contribution in [0, 0.1) is 0 Å². The molecule has 0 aliphatic heterocycles. The maximum absolute atomic E-state index is 15.2. The highest BCUT2D eigenvalue weighted by Gasteiger charge is 2.40. The maximum atomic E-state index is 15.2. The molecular weight excluding hydrogens is 1110 g/mol. The average Bonchev–Trinajstić information content (AvgIpc) is 1.33. The first kappa shape index (κ1) is 68.3. The van der Waals surface area contributed by atoms with Gasteiger partial charge >= 0.3 is 36.6 Å². The number of ether oxygens (including phenoxy) is 8. The predicted molar refractivity (Wildman–Crippen MR) is 312 cm³/mol. The van der Waals surface area contributed by atoms with Crippen molar-refractivity contribution in [2.75, 3.05) is 0 Å². The molecular formula is C66H90O20. The molecule has 0 spiro atoms. The lowest BCUT2D eigenvalue weighted by Crippen LogP contribution is -2.36. The number of ketones is 4. The molecule has 0 saturated heterocycles. The molecule has 4 unspecified atom stereocenters. The molecule has 4 saturated carbocycles. The van der Waals surface area contributed by atoms with Gasteiger partial charge < -0.3 is 37.9 Å². The van der Waals surface area contributed by atoms with Gasteiger partial charge in [0.05, 0.1) is 11.1 Å². The number of carbonyl (C=O) groups excluding carboxylic acids is 10. The van der Waals surface area contributed by atoms with E-state index >= 15 is 9.59 Å². The third-order valence-corrected chi connectivity index (χ3v) is 16.4. The predicted octanol–water partition coefficient (Wildman–Crippen LogP) is 15.5. The molecule has 0 bridgehead atoms. The van der Waals surface area contributed by atoms with Crippen LogP contribution in [0.1, 0.15) is 295 Å². The maximum Gasteiger partial charge on any atom is 0.509 e. The van der Waals surface area contributed by atoms with E-state index in [0.717, 1.165) is 89.2 Å². The lowest BCUT2D eigenvalue weighted by atomic mass is 9.88. The van der Waals surface area contributed by atoms with Crippen molar-refractivity contribution in [1.29, 1.82) is 0 Å². The van der Waals surface area contributed by atoms with Gasteiger partial charge in [0.1, 0.15) is 24.4 Å². The molecule has 0 radical (unpaired) electrons. The van der Waals surface area contributed by atoms with E-state index in [1.165, 1.54) is 24.3 Å². The highest BCUT2D eigenvalue weighted by Crippen LogP contribution is 2.32. The van der Waals surface area contributed by atoms with Crippen molar-refractivity contribution in [3.05, 3.63) is 69.8 Å². The number of unbranched alkanes of at least 4 members (excludes halogenated alkanes) is 12.